The zero-order chi connectivity index (χ0) is 14.5. The molecule has 1 aliphatic carbocycles. The Morgan fingerprint density at radius 1 is 1.30 bits per heavy atom. The van der Waals surface area contributed by atoms with Crippen molar-refractivity contribution >= 4 is 15.9 Å². The number of halogens is 1. The summed E-state index contributed by atoms with van der Waals surface area (Å²) in [6.45, 7) is 0.446. The fourth-order valence-corrected chi connectivity index (χ4v) is 3.13. The summed E-state index contributed by atoms with van der Waals surface area (Å²) in [7, 11) is 1.61. The number of benzene rings is 1. The highest BCUT2D eigenvalue weighted by atomic mass is 79.9. The van der Waals surface area contributed by atoms with Gasteiger partial charge in [0.05, 0.1) is 17.7 Å². The molecule has 0 bridgehead atoms. The molecule has 5 heteroatoms. The third-order valence-corrected chi connectivity index (χ3v) is 4.30. The summed E-state index contributed by atoms with van der Waals surface area (Å²) in [6.07, 6.45) is 4.38. The average Bonchev–Trinajstić information content (AvgIpc) is 2.65. The van der Waals surface area contributed by atoms with Crippen LogP contribution in [0.25, 0.3) is 0 Å². The van der Waals surface area contributed by atoms with Gasteiger partial charge in [0.1, 0.15) is 6.10 Å². The second-order valence-electron chi connectivity index (χ2n) is 5.17. The van der Waals surface area contributed by atoms with Gasteiger partial charge in [0.2, 0.25) is 0 Å². The average molecular weight is 344 g/mol. The lowest BCUT2D eigenvalue weighted by atomic mass is 10.1. The summed E-state index contributed by atoms with van der Waals surface area (Å²) in [5.74, 6) is 1.30. The lowest BCUT2D eigenvalue weighted by molar-refractivity contribution is 0.0300. The normalized spacial score (nSPS) is 23.2. The minimum Gasteiger partial charge on any atom is -0.493 e. The molecule has 2 unspecified atom stereocenters. The van der Waals surface area contributed by atoms with Crippen LogP contribution >= 0.6 is 15.9 Å². The van der Waals surface area contributed by atoms with Crippen LogP contribution in [0, 0.1) is 0 Å². The number of rotatable bonds is 4. The molecule has 1 aromatic carbocycles. The zero-order valence-electron chi connectivity index (χ0n) is 11.8. The summed E-state index contributed by atoms with van der Waals surface area (Å²) >= 11 is 3.50. The molecule has 0 heterocycles. The molecule has 0 amide bonds. The molecule has 0 radical (unpaired) electrons. The molecule has 0 aliphatic heterocycles. The Balaban J connectivity index is 2.23. The van der Waals surface area contributed by atoms with Crippen LogP contribution in [0.1, 0.15) is 37.7 Å². The van der Waals surface area contributed by atoms with Crippen LogP contribution in [0.15, 0.2) is 16.6 Å². The molecule has 1 aromatic rings. The van der Waals surface area contributed by atoms with Crippen molar-refractivity contribution in [1.82, 2.24) is 0 Å². The Morgan fingerprint density at radius 3 is 2.75 bits per heavy atom. The van der Waals surface area contributed by atoms with Crippen LogP contribution in [-0.2, 0) is 6.54 Å². The SMILES string of the molecule is COc1cc(CN)cc(Br)c1OC1CCCCCC1O. The lowest BCUT2D eigenvalue weighted by Gasteiger charge is -2.24. The van der Waals surface area contributed by atoms with Crippen molar-refractivity contribution in [2.75, 3.05) is 7.11 Å². The molecule has 0 saturated heterocycles. The van der Waals surface area contributed by atoms with Crippen molar-refractivity contribution < 1.29 is 14.6 Å². The number of aliphatic hydroxyl groups excluding tert-OH is 1. The van der Waals surface area contributed by atoms with Crippen molar-refractivity contribution in [2.24, 2.45) is 5.73 Å². The fraction of sp³-hybridized carbons (Fsp3) is 0.600. The van der Waals surface area contributed by atoms with Gasteiger partial charge < -0.3 is 20.3 Å². The van der Waals surface area contributed by atoms with E-state index in [9.17, 15) is 5.11 Å². The molecule has 2 rings (SSSR count). The van der Waals surface area contributed by atoms with E-state index in [1.807, 2.05) is 12.1 Å². The first-order valence-corrected chi connectivity index (χ1v) is 7.86. The molecule has 20 heavy (non-hydrogen) atoms. The van der Waals surface area contributed by atoms with E-state index < -0.39 is 6.10 Å². The summed E-state index contributed by atoms with van der Waals surface area (Å²) < 4.78 is 12.2. The van der Waals surface area contributed by atoms with E-state index >= 15 is 0 Å². The number of hydrogen-bond donors (Lipinski definition) is 2. The number of nitrogens with two attached hydrogens (primary N) is 1. The van der Waals surface area contributed by atoms with Gasteiger partial charge in [0, 0.05) is 6.54 Å². The maximum atomic E-state index is 10.2. The predicted octanol–water partition coefficient (Wildman–Crippen LogP) is 2.99. The van der Waals surface area contributed by atoms with Crippen molar-refractivity contribution in [2.45, 2.75) is 50.9 Å². The molecule has 1 aliphatic rings. The summed E-state index contributed by atoms with van der Waals surface area (Å²) in [5, 5.41) is 10.2. The highest BCUT2D eigenvalue weighted by Crippen LogP contribution is 2.38. The molecule has 1 saturated carbocycles. The largest absolute Gasteiger partial charge is 0.493 e. The van der Waals surface area contributed by atoms with Crippen molar-refractivity contribution in [3.8, 4) is 11.5 Å². The molecule has 0 aromatic heterocycles. The second kappa shape index (κ2) is 7.29. The smallest absolute Gasteiger partial charge is 0.175 e. The van der Waals surface area contributed by atoms with Gasteiger partial charge in [-0.3, -0.25) is 0 Å². The third kappa shape index (κ3) is 3.65. The molecule has 2 atom stereocenters. The number of aliphatic hydroxyl groups is 1. The van der Waals surface area contributed by atoms with Crippen LogP contribution in [0.3, 0.4) is 0 Å². The molecule has 3 N–H and O–H groups in total. The van der Waals surface area contributed by atoms with Gasteiger partial charge in [-0.1, -0.05) is 12.8 Å². The zero-order valence-corrected chi connectivity index (χ0v) is 13.4. The van der Waals surface area contributed by atoms with Crippen LogP contribution in [0.5, 0.6) is 11.5 Å². The summed E-state index contributed by atoms with van der Waals surface area (Å²) in [6, 6.07) is 3.81. The quantitative estimate of drug-likeness (QED) is 0.825. The van der Waals surface area contributed by atoms with E-state index in [4.69, 9.17) is 15.2 Å². The molecule has 1 fully saturated rings. The van der Waals surface area contributed by atoms with Crippen molar-refractivity contribution in [3.05, 3.63) is 22.2 Å². The van der Waals surface area contributed by atoms with Crippen LogP contribution in [0.4, 0.5) is 0 Å². The predicted molar refractivity (Wildman–Crippen MR) is 82.1 cm³/mol. The van der Waals surface area contributed by atoms with E-state index in [-0.39, 0.29) is 6.10 Å². The maximum Gasteiger partial charge on any atom is 0.175 e. The first-order chi connectivity index (χ1) is 9.65. The van der Waals surface area contributed by atoms with Gasteiger partial charge in [-0.15, -0.1) is 0 Å². The van der Waals surface area contributed by atoms with Gasteiger partial charge in [0.25, 0.3) is 0 Å². The molecule has 112 valence electrons. The van der Waals surface area contributed by atoms with E-state index in [1.54, 1.807) is 7.11 Å². The van der Waals surface area contributed by atoms with Gasteiger partial charge >= 0.3 is 0 Å². The Hall–Kier alpha value is -0.780. The monoisotopic (exact) mass is 343 g/mol. The minimum absolute atomic E-state index is 0.175. The first kappa shape index (κ1) is 15.6. The van der Waals surface area contributed by atoms with Gasteiger partial charge in [-0.2, -0.15) is 0 Å². The molecular formula is C15H22BrNO3. The van der Waals surface area contributed by atoms with Crippen molar-refractivity contribution in [3.63, 3.8) is 0 Å². The van der Waals surface area contributed by atoms with Gasteiger partial charge in [0.15, 0.2) is 11.5 Å². The summed E-state index contributed by atoms with van der Waals surface area (Å²) in [5.41, 5.74) is 6.64. The number of methoxy groups -OCH3 is 1. The Kier molecular flexibility index (Phi) is 5.69. The van der Waals surface area contributed by atoms with Crippen LogP contribution < -0.4 is 15.2 Å². The molecular weight excluding hydrogens is 322 g/mol. The highest BCUT2D eigenvalue weighted by Gasteiger charge is 2.25. The topological polar surface area (TPSA) is 64.7 Å². The van der Waals surface area contributed by atoms with Crippen LogP contribution in [-0.4, -0.2) is 24.4 Å². The Morgan fingerprint density at radius 2 is 2.05 bits per heavy atom. The maximum absolute atomic E-state index is 10.2. The molecule has 0 spiro atoms. The lowest BCUT2D eigenvalue weighted by Crippen LogP contribution is -2.30. The van der Waals surface area contributed by atoms with E-state index in [1.165, 1.54) is 0 Å². The van der Waals surface area contributed by atoms with E-state index in [0.717, 1.165) is 42.1 Å². The number of hydrogen-bond acceptors (Lipinski definition) is 4. The number of ether oxygens (including phenoxy) is 2. The third-order valence-electron chi connectivity index (χ3n) is 3.71. The van der Waals surface area contributed by atoms with Gasteiger partial charge in [-0.05, 0) is 52.9 Å². The molecule has 4 nitrogen and oxygen atoms in total. The highest BCUT2D eigenvalue weighted by molar-refractivity contribution is 9.10. The minimum atomic E-state index is -0.414. The Bertz CT molecular complexity index is 453. The van der Waals surface area contributed by atoms with Crippen LogP contribution in [0.2, 0.25) is 0 Å². The first-order valence-electron chi connectivity index (χ1n) is 7.07. The summed E-state index contributed by atoms with van der Waals surface area (Å²) in [4.78, 5) is 0. The fourth-order valence-electron chi connectivity index (χ4n) is 2.55. The Labute approximate surface area is 128 Å². The standard InChI is InChI=1S/C15H22BrNO3/c1-19-14-8-10(9-17)7-11(16)15(14)20-13-6-4-2-3-5-12(13)18/h7-8,12-13,18H,2-6,9,17H2,1H3. The van der Waals surface area contributed by atoms with Crippen molar-refractivity contribution in [1.29, 1.82) is 0 Å². The van der Waals surface area contributed by atoms with E-state index in [2.05, 4.69) is 15.9 Å². The van der Waals surface area contributed by atoms with Gasteiger partial charge in [-0.25, -0.2) is 0 Å². The second-order valence-corrected chi connectivity index (χ2v) is 6.03. The van der Waals surface area contributed by atoms with E-state index in [0.29, 0.717) is 18.0 Å².